The molecule has 0 fully saturated rings. The average Bonchev–Trinajstić information content (AvgIpc) is 2.32. The molecule has 104 valence electrons. The molecule has 0 aliphatic heterocycles. The summed E-state index contributed by atoms with van der Waals surface area (Å²) in [6, 6.07) is 0. The molecule has 0 spiro atoms. The Kier molecular flexibility index (Phi) is 8.11. The van der Waals surface area contributed by atoms with Gasteiger partial charge in [0.1, 0.15) is 0 Å². The van der Waals surface area contributed by atoms with Crippen molar-refractivity contribution >= 4 is 0 Å². The van der Waals surface area contributed by atoms with Gasteiger partial charge in [-0.15, -0.1) is 0 Å². The lowest BCUT2D eigenvalue weighted by Gasteiger charge is -2.44. The smallest absolute Gasteiger partial charge is 0.00206 e. The Labute approximate surface area is 110 Å². The molecule has 2 N–H and O–H groups in total. The van der Waals surface area contributed by atoms with Gasteiger partial charge in [-0.1, -0.05) is 73.1 Å². The second-order valence-corrected chi connectivity index (χ2v) is 6.56. The fourth-order valence-electron chi connectivity index (χ4n) is 2.56. The van der Waals surface area contributed by atoms with Crippen LogP contribution in [0.4, 0.5) is 0 Å². The first kappa shape index (κ1) is 17.0. The Morgan fingerprint density at radius 3 is 1.76 bits per heavy atom. The maximum Gasteiger partial charge on any atom is -0.00206 e. The Morgan fingerprint density at radius 2 is 1.29 bits per heavy atom. The lowest BCUT2D eigenvalue weighted by Crippen LogP contribution is -2.41. The van der Waals surface area contributed by atoms with E-state index in [-0.39, 0.29) is 5.41 Å². The van der Waals surface area contributed by atoms with Gasteiger partial charge in [0, 0.05) is 0 Å². The fourth-order valence-corrected chi connectivity index (χ4v) is 2.56. The van der Waals surface area contributed by atoms with Crippen LogP contribution in [0, 0.1) is 10.8 Å². The molecule has 0 saturated heterocycles. The standard InChI is InChI=1S/C16H35N/c1-6-8-10-11-13-16(5,12-9-7-2)15(3,4)14-17/h6-14,17H2,1-5H3. The van der Waals surface area contributed by atoms with E-state index in [1.165, 1.54) is 51.4 Å². The maximum absolute atomic E-state index is 5.99. The van der Waals surface area contributed by atoms with Gasteiger partial charge in [-0.25, -0.2) is 0 Å². The summed E-state index contributed by atoms with van der Waals surface area (Å²) in [5.41, 5.74) is 6.69. The summed E-state index contributed by atoms with van der Waals surface area (Å²) in [6.07, 6.45) is 10.8. The van der Waals surface area contributed by atoms with E-state index in [9.17, 15) is 0 Å². The number of hydrogen-bond acceptors (Lipinski definition) is 1. The van der Waals surface area contributed by atoms with E-state index in [0.29, 0.717) is 5.41 Å². The molecule has 0 aliphatic rings. The molecule has 0 heterocycles. The van der Waals surface area contributed by atoms with Crippen molar-refractivity contribution in [2.75, 3.05) is 6.54 Å². The molecule has 0 aromatic rings. The molecule has 1 atom stereocenters. The average molecular weight is 241 g/mol. The van der Waals surface area contributed by atoms with Gasteiger partial charge in [-0.3, -0.25) is 0 Å². The lowest BCUT2D eigenvalue weighted by atomic mass is 9.62. The van der Waals surface area contributed by atoms with Gasteiger partial charge in [0.15, 0.2) is 0 Å². The van der Waals surface area contributed by atoms with Crippen LogP contribution >= 0.6 is 0 Å². The maximum atomic E-state index is 5.99. The van der Waals surface area contributed by atoms with Crippen LogP contribution in [0.2, 0.25) is 0 Å². The van der Waals surface area contributed by atoms with Crippen LogP contribution in [-0.2, 0) is 0 Å². The SMILES string of the molecule is CCCCCCC(C)(CCCC)C(C)(C)CN. The molecule has 0 aliphatic carbocycles. The Bertz CT molecular complexity index is 186. The highest BCUT2D eigenvalue weighted by molar-refractivity contribution is 4.90. The van der Waals surface area contributed by atoms with Gasteiger partial charge < -0.3 is 5.73 Å². The second kappa shape index (κ2) is 8.13. The van der Waals surface area contributed by atoms with E-state index in [4.69, 9.17) is 5.73 Å². The number of unbranched alkanes of at least 4 members (excludes halogenated alkanes) is 4. The van der Waals surface area contributed by atoms with Crippen LogP contribution in [0.25, 0.3) is 0 Å². The first-order valence-electron chi connectivity index (χ1n) is 7.63. The van der Waals surface area contributed by atoms with Gasteiger partial charge in [0.05, 0.1) is 0 Å². The van der Waals surface area contributed by atoms with Crippen molar-refractivity contribution in [1.29, 1.82) is 0 Å². The third kappa shape index (κ3) is 5.42. The van der Waals surface area contributed by atoms with E-state index in [1.807, 2.05) is 0 Å². The molecule has 0 amide bonds. The van der Waals surface area contributed by atoms with Gasteiger partial charge in [-0.2, -0.15) is 0 Å². The topological polar surface area (TPSA) is 26.0 Å². The Balaban J connectivity index is 4.39. The van der Waals surface area contributed by atoms with E-state index in [2.05, 4.69) is 34.6 Å². The summed E-state index contributed by atoms with van der Waals surface area (Å²) >= 11 is 0. The molecule has 0 saturated carbocycles. The highest BCUT2D eigenvalue weighted by atomic mass is 14.6. The Morgan fingerprint density at radius 1 is 0.765 bits per heavy atom. The highest BCUT2D eigenvalue weighted by Gasteiger charge is 2.38. The molecule has 1 nitrogen and oxygen atoms in total. The zero-order valence-corrected chi connectivity index (χ0v) is 12.9. The normalized spacial score (nSPS) is 15.9. The van der Waals surface area contributed by atoms with Crippen LogP contribution in [0.15, 0.2) is 0 Å². The van der Waals surface area contributed by atoms with Crippen molar-refractivity contribution in [3.8, 4) is 0 Å². The zero-order valence-electron chi connectivity index (χ0n) is 12.9. The predicted octanol–water partition coefficient (Wildman–Crippen LogP) is 5.14. The summed E-state index contributed by atoms with van der Waals surface area (Å²) in [7, 11) is 0. The first-order valence-corrected chi connectivity index (χ1v) is 7.63. The van der Waals surface area contributed by atoms with Gasteiger partial charge in [-0.05, 0) is 30.2 Å². The van der Waals surface area contributed by atoms with Crippen LogP contribution in [0.5, 0.6) is 0 Å². The fraction of sp³-hybridized carbons (Fsp3) is 1.00. The van der Waals surface area contributed by atoms with Crippen molar-refractivity contribution in [2.45, 2.75) is 86.0 Å². The summed E-state index contributed by atoms with van der Waals surface area (Å²) in [5.74, 6) is 0. The summed E-state index contributed by atoms with van der Waals surface area (Å²) in [6.45, 7) is 12.5. The monoisotopic (exact) mass is 241 g/mol. The van der Waals surface area contributed by atoms with Crippen molar-refractivity contribution in [1.82, 2.24) is 0 Å². The van der Waals surface area contributed by atoms with Gasteiger partial charge >= 0.3 is 0 Å². The molecular weight excluding hydrogens is 206 g/mol. The highest BCUT2D eigenvalue weighted by Crippen LogP contribution is 2.46. The predicted molar refractivity (Wildman–Crippen MR) is 79.2 cm³/mol. The molecule has 1 unspecified atom stereocenters. The molecule has 17 heavy (non-hydrogen) atoms. The molecule has 0 aromatic heterocycles. The Hall–Kier alpha value is -0.0400. The number of hydrogen-bond donors (Lipinski definition) is 1. The van der Waals surface area contributed by atoms with E-state index >= 15 is 0 Å². The van der Waals surface area contributed by atoms with Crippen LogP contribution in [-0.4, -0.2) is 6.54 Å². The first-order chi connectivity index (χ1) is 7.93. The van der Waals surface area contributed by atoms with Crippen molar-refractivity contribution in [2.24, 2.45) is 16.6 Å². The summed E-state index contributed by atoms with van der Waals surface area (Å²) < 4.78 is 0. The van der Waals surface area contributed by atoms with Crippen molar-refractivity contribution in [3.05, 3.63) is 0 Å². The van der Waals surface area contributed by atoms with E-state index < -0.39 is 0 Å². The number of nitrogens with two attached hydrogens (primary N) is 1. The molecule has 0 radical (unpaired) electrons. The molecule has 0 rings (SSSR count). The number of rotatable bonds is 10. The third-order valence-corrected chi connectivity index (χ3v) is 4.81. The zero-order chi connectivity index (χ0) is 13.4. The third-order valence-electron chi connectivity index (χ3n) is 4.81. The van der Waals surface area contributed by atoms with Gasteiger partial charge in [0.25, 0.3) is 0 Å². The minimum atomic E-state index is 0.272. The molecule has 1 heteroatoms. The van der Waals surface area contributed by atoms with Crippen molar-refractivity contribution in [3.63, 3.8) is 0 Å². The van der Waals surface area contributed by atoms with Crippen molar-refractivity contribution < 1.29 is 0 Å². The van der Waals surface area contributed by atoms with Gasteiger partial charge in [0.2, 0.25) is 0 Å². The van der Waals surface area contributed by atoms with Crippen LogP contribution in [0.3, 0.4) is 0 Å². The molecule has 0 bridgehead atoms. The largest absolute Gasteiger partial charge is 0.330 e. The summed E-state index contributed by atoms with van der Waals surface area (Å²) in [4.78, 5) is 0. The lowest BCUT2D eigenvalue weighted by molar-refractivity contribution is 0.0686. The summed E-state index contributed by atoms with van der Waals surface area (Å²) in [5, 5.41) is 0. The van der Waals surface area contributed by atoms with E-state index in [1.54, 1.807) is 0 Å². The molecule has 0 aromatic carbocycles. The van der Waals surface area contributed by atoms with Crippen LogP contribution in [0.1, 0.15) is 86.0 Å². The second-order valence-electron chi connectivity index (χ2n) is 6.56. The van der Waals surface area contributed by atoms with E-state index in [0.717, 1.165) is 6.54 Å². The minimum Gasteiger partial charge on any atom is -0.330 e. The minimum absolute atomic E-state index is 0.272. The molecular formula is C16H35N. The quantitative estimate of drug-likeness (QED) is 0.527. The van der Waals surface area contributed by atoms with Crippen LogP contribution < -0.4 is 5.73 Å².